The smallest absolute Gasteiger partial charge is 0.191 e. The first kappa shape index (κ1) is 14.5. The molecule has 0 saturated heterocycles. The van der Waals surface area contributed by atoms with Crippen molar-refractivity contribution >= 4 is 23.4 Å². The summed E-state index contributed by atoms with van der Waals surface area (Å²) in [5.74, 6) is 6.41. The van der Waals surface area contributed by atoms with Crippen molar-refractivity contribution in [2.75, 3.05) is 23.5 Å². The van der Waals surface area contributed by atoms with Crippen LogP contribution in [0.1, 0.15) is 5.56 Å². The normalized spacial score (nSPS) is 10.3. The number of nitrogens with two attached hydrogens (primary N) is 1. The highest BCUT2D eigenvalue weighted by Crippen LogP contribution is 2.16. The summed E-state index contributed by atoms with van der Waals surface area (Å²) in [7, 11) is 0. The number of hydrogen-bond acceptors (Lipinski definition) is 6. The molecule has 1 aromatic heterocycles. The standard InChI is InChI=1S/C13H16FN5S/c1-20-13-17-11(8-12(18-13)19-15)16-7-6-9-2-4-10(14)5-3-9/h2-5,8H,6-7,15H2,1H3,(H2,16,17,18,19). The first-order chi connectivity index (χ1) is 9.71. The second-order valence-corrected chi connectivity index (χ2v) is 4.85. The minimum Gasteiger partial charge on any atom is -0.370 e. The Morgan fingerprint density at radius 2 is 1.90 bits per heavy atom. The zero-order valence-corrected chi connectivity index (χ0v) is 11.9. The number of nitrogens with one attached hydrogen (secondary N) is 2. The van der Waals surface area contributed by atoms with Crippen molar-refractivity contribution in [3.63, 3.8) is 0 Å². The van der Waals surface area contributed by atoms with Crippen molar-refractivity contribution in [3.05, 3.63) is 41.7 Å². The Hall–Kier alpha value is -1.86. The van der Waals surface area contributed by atoms with E-state index in [1.54, 1.807) is 18.2 Å². The SMILES string of the molecule is CSc1nc(NN)cc(NCCc2ccc(F)cc2)n1. The number of anilines is 2. The lowest BCUT2D eigenvalue weighted by Gasteiger charge is -2.08. The fourth-order valence-corrected chi connectivity index (χ4v) is 2.05. The van der Waals surface area contributed by atoms with Crippen LogP contribution in [-0.4, -0.2) is 22.8 Å². The molecular formula is C13H16FN5S. The lowest BCUT2D eigenvalue weighted by atomic mass is 10.1. The van der Waals surface area contributed by atoms with E-state index in [-0.39, 0.29) is 5.82 Å². The number of hydrazine groups is 1. The summed E-state index contributed by atoms with van der Waals surface area (Å²) in [6.07, 6.45) is 2.68. The molecule has 0 amide bonds. The van der Waals surface area contributed by atoms with Gasteiger partial charge in [0.1, 0.15) is 17.5 Å². The first-order valence-corrected chi connectivity index (χ1v) is 7.32. The molecule has 4 N–H and O–H groups in total. The highest BCUT2D eigenvalue weighted by atomic mass is 32.2. The molecular weight excluding hydrogens is 277 g/mol. The first-order valence-electron chi connectivity index (χ1n) is 6.09. The van der Waals surface area contributed by atoms with Crippen molar-refractivity contribution in [2.45, 2.75) is 11.6 Å². The average molecular weight is 293 g/mol. The van der Waals surface area contributed by atoms with E-state index in [0.717, 1.165) is 12.0 Å². The lowest BCUT2D eigenvalue weighted by molar-refractivity contribution is 0.627. The zero-order valence-electron chi connectivity index (χ0n) is 11.1. The molecule has 1 aromatic carbocycles. The molecule has 0 spiro atoms. The summed E-state index contributed by atoms with van der Waals surface area (Å²) < 4.78 is 12.8. The third-order valence-electron chi connectivity index (χ3n) is 2.67. The number of halogens is 1. The highest BCUT2D eigenvalue weighted by molar-refractivity contribution is 7.98. The van der Waals surface area contributed by atoms with Crippen molar-refractivity contribution in [3.8, 4) is 0 Å². The molecule has 20 heavy (non-hydrogen) atoms. The van der Waals surface area contributed by atoms with Gasteiger partial charge in [0.25, 0.3) is 0 Å². The van der Waals surface area contributed by atoms with E-state index >= 15 is 0 Å². The molecule has 0 aliphatic carbocycles. The van der Waals surface area contributed by atoms with Crippen LogP contribution in [0.3, 0.4) is 0 Å². The van der Waals surface area contributed by atoms with Crippen LogP contribution in [0.4, 0.5) is 16.0 Å². The molecule has 106 valence electrons. The zero-order chi connectivity index (χ0) is 14.4. The van der Waals surface area contributed by atoms with Gasteiger partial charge in [-0.15, -0.1) is 0 Å². The third kappa shape index (κ3) is 4.07. The quantitative estimate of drug-likeness (QED) is 0.328. The molecule has 2 aromatic rings. The Balaban J connectivity index is 1.94. The summed E-state index contributed by atoms with van der Waals surface area (Å²) in [6, 6.07) is 8.21. The van der Waals surface area contributed by atoms with Crippen molar-refractivity contribution in [2.24, 2.45) is 5.84 Å². The van der Waals surface area contributed by atoms with Crippen molar-refractivity contribution in [1.29, 1.82) is 0 Å². The van der Waals surface area contributed by atoms with E-state index in [4.69, 9.17) is 5.84 Å². The Bertz CT molecular complexity index is 539. The van der Waals surface area contributed by atoms with Crippen LogP contribution in [0.15, 0.2) is 35.5 Å². The number of benzene rings is 1. The maximum absolute atomic E-state index is 12.8. The second kappa shape index (κ2) is 7.06. The van der Waals surface area contributed by atoms with Gasteiger partial charge in [-0.3, -0.25) is 0 Å². The number of nitrogen functional groups attached to an aromatic ring is 1. The molecule has 0 radical (unpaired) electrons. The summed E-state index contributed by atoms with van der Waals surface area (Å²) >= 11 is 1.44. The maximum Gasteiger partial charge on any atom is 0.191 e. The largest absolute Gasteiger partial charge is 0.370 e. The molecule has 2 rings (SSSR count). The molecule has 0 aliphatic rings. The lowest BCUT2D eigenvalue weighted by Crippen LogP contribution is -2.12. The monoisotopic (exact) mass is 293 g/mol. The van der Waals surface area contributed by atoms with Gasteiger partial charge in [-0.1, -0.05) is 23.9 Å². The van der Waals surface area contributed by atoms with Crippen LogP contribution < -0.4 is 16.6 Å². The van der Waals surface area contributed by atoms with Gasteiger partial charge in [0.05, 0.1) is 0 Å². The topological polar surface area (TPSA) is 75.9 Å². The number of hydrogen-bond donors (Lipinski definition) is 3. The Labute approximate surface area is 121 Å². The maximum atomic E-state index is 12.8. The van der Waals surface area contributed by atoms with E-state index in [1.165, 1.54) is 23.9 Å². The van der Waals surface area contributed by atoms with Crippen molar-refractivity contribution in [1.82, 2.24) is 9.97 Å². The molecule has 5 nitrogen and oxygen atoms in total. The van der Waals surface area contributed by atoms with Gasteiger partial charge in [0.15, 0.2) is 5.16 Å². The van der Waals surface area contributed by atoms with Crippen LogP contribution in [0.25, 0.3) is 0 Å². The minimum absolute atomic E-state index is 0.221. The van der Waals surface area contributed by atoms with E-state index in [2.05, 4.69) is 20.7 Å². The van der Waals surface area contributed by atoms with E-state index in [9.17, 15) is 4.39 Å². The molecule has 7 heteroatoms. The van der Waals surface area contributed by atoms with Crippen LogP contribution in [0.2, 0.25) is 0 Å². The molecule has 0 atom stereocenters. The van der Waals surface area contributed by atoms with Gasteiger partial charge in [0.2, 0.25) is 0 Å². The Kier molecular flexibility index (Phi) is 5.14. The summed E-state index contributed by atoms with van der Waals surface area (Å²) in [5.41, 5.74) is 3.58. The van der Waals surface area contributed by atoms with Crippen LogP contribution >= 0.6 is 11.8 Å². The van der Waals surface area contributed by atoms with Gasteiger partial charge in [-0.05, 0) is 30.4 Å². The van der Waals surface area contributed by atoms with E-state index < -0.39 is 0 Å². The Morgan fingerprint density at radius 1 is 1.20 bits per heavy atom. The van der Waals surface area contributed by atoms with Gasteiger partial charge in [-0.2, -0.15) is 0 Å². The van der Waals surface area contributed by atoms with Gasteiger partial charge in [-0.25, -0.2) is 20.2 Å². The molecule has 0 unspecified atom stereocenters. The van der Waals surface area contributed by atoms with Gasteiger partial charge < -0.3 is 10.7 Å². The van der Waals surface area contributed by atoms with E-state index in [1.807, 2.05) is 6.26 Å². The summed E-state index contributed by atoms with van der Waals surface area (Å²) in [5, 5.41) is 3.85. The molecule has 0 fully saturated rings. The minimum atomic E-state index is -0.221. The molecule has 0 bridgehead atoms. The number of aromatic nitrogens is 2. The van der Waals surface area contributed by atoms with Gasteiger partial charge >= 0.3 is 0 Å². The van der Waals surface area contributed by atoms with Gasteiger partial charge in [0, 0.05) is 12.6 Å². The fraction of sp³-hybridized carbons (Fsp3) is 0.231. The molecule has 0 saturated carbocycles. The summed E-state index contributed by atoms with van der Waals surface area (Å²) in [6.45, 7) is 0.695. The second-order valence-electron chi connectivity index (χ2n) is 4.07. The number of rotatable bonds is 6. The van der Waals surface area contributed by atoms with Crippen molar-refractivity contribution < 1.29 is 4.39 Å². The average Bonchev–Trinajstić information content (AvgIpc) is 2.49. The molecule has 0 aliphatic heterocycles. The van der Waals surface area contributed by atoms with Crippen LogP contribution in [-0.2, 0) is 6.42 Å². The summed E-state index contributed by atoms with van der Waals surface area (Å²) in [4.78, 5) is 8.51. The predicted octanol–water partition coefficient (Wildman–Crippen LogP) is 2.28. The van der Waals surface area contributed by atoms with Crippen LogP contribution in [0, 0.1) is 5.82 Å². The fourth-order valence-electron chi connectivity index (χ4n) is 1.67. The highest BCUT2D eigenvalue weighted by Gasteiger charge is 2.03. The van der Waals surface area contributed by atoms with Crippen LogP contribution in [0.5, 0.6) is 0 Å². The number of nitrogens with zero attached hydrogens (tertiary/aromatic N) is 2. The predicted molar refractivity (Wildman–Crippen MR) is 80.2 cm³/mol. The molecule has 1 heterocycles. The third-order valence-corrected chi connectivity index (χ3v) is 3.22. The Morgan fingerprint density at radius 3 is 2.55 bits per heavy atom. The van der Waals surface area contributed by atoms with E-state index in [0.29, 0.717) is 23.3 Å². The number of thioether (sulfide) groups is 1.